The lowest BCUT2D eigenvalue weighted by Gasteiger charge is -2.32. The van der Waals surface area contributed by atoms with Crippen molar-refractivity contribution in [2.75, 3.05) is 13.1 Å². The van der Waals surface area contributed by atoms with Gasteiger partial charge in [-0.2, -0.15) is 0 Å². The van der Waals surface area contributed by atoms with E-state index in [9.17, 15) is 9.59 Å². The number of fused-ring (bicyclic) bond motifs is 1. The van der Waals surface area contributed by atoms with Gasteiger partial charge in [0, 0.05) is 31.0 Å². The Morgan fingerprint density at radius 1 is 1.09 bits per heavy atom. The fourth-order valence-electron chi connectivity index (χ4n) is 4.49. The predicted octanol–water partition coefficient (Wildman–Crippen LogP) is 4.82. The number of oxazole rings is 1. The Balaban J connectivity index is 1.13. The lowest BCUT2D eigenvalue weighted by Crippen LogP contribution is -2.39. The van der Waals surface area contributed by atoms with Gasteiger partial charge < -0.3 is 14.6 Å². The molecule has 6 heteroatoms. The molecule has 1 aliphatic heterocycles. The van der Waals surface area contributed by atoms with E-state index < -0.39 is 0 Å². The molecule has 2 aromatic carbocycles. The molecule has 6 nitrogen and oxygen atoms in total. The normalized spacial score (nSPS) is 18.0. The molecule has 0 spiro atoms. The maximum atomic E-state index is 13.0. The first-order valence-electron chi connectivity index (χ1n) is 11.6. The number of hydrogen-bond acceptors (Lipinski definition) is 4. The smallest absolute Gasteiger partial charge is 0.253 e. The van der Waals surface area contributed by atoms with Crippen LogP contribution in [-0.4, -0.2) is 34.8 Å². The monoisotopic (exact) mass is 431 g/mol. The van der Waals surface area contributed by atoms with Gasteiger partial charge in [-0.25, -0.2) is 4.98 Å². The van der Waals surface area contributed by atoms with E-state index in [0.717, 1.165) is 48.2 Å². The Labute approximate surface area is 188 Å². The van der Waals surface area contributed by atoms with Crippen LogP contribution in [0.4, 0.5) is 0 Å². The fraction of sp³-hybridized carbons (Fsp3) is 0.423. The van der Waals surface area contributed by atoms with Gasteiger partial charge in [0.1, 0.15) is 5.52 Å². The molecule has 1 aromatic heterocycles. The van der Waals surface area contributed by atoms with Crippen molar-refractivity contribution >= 4 is 22.9 Å². The molecule has 1 saturated heterocycles. The summed E-state index contributed by atoms with van der Waals surface area (Å²) in [6, 6.07) is 15.5. The van der Waals surface area contributed by atoms with Crippen LogP contribution in [0.1, 0.15) is 72.8 Å². The number of nitrogens with zero attached hydrogens (tertiary/aromatic N) is 2. The van der Waals surface area contributed by atoms with Crippen LogP contribution in [0, 0.1) is 5.92 Å². The molecule has 1 saturated carbocycles. The quantitative estimate of drug-likeness (QED) is 0.607. The molecular weight excluding hydrogens is 402 g/mol. The molecular formula is C26H29N3O3. The first-order valence-corrected chi connectivity index (χ1v) is 11.6. The Bertz CT molecular complexity index is 1110. The summed E-state index contributed by atoms with van der Waals surface area (Å²) in [5.41, 5.74) is 3.27. The highest BCUT2D eigenvalue weighted by Crippen LogP contribution is 2.40. The topological polar surface area (TPSA) is 75.4 Å². The van der Waals surface area contributed by atoms with Crippen molar-refractivity contribution in [3.8, 4) is 0 Å². The molecule has 0 unspecified atom stereocenters. The van der Waals surface area contributed by atoms with Crippen LogP contribution in [0.25, 0.3) is 11.1 Å². The van der Waals surface area contributed by atoms with Crippen LogP contribution in [0.3, 0.4) is 0 Å². The number of likely N-dealkylation sites (tertiary alicyclic amines) is 1. The maximum absolute atomic E-state index is 13.0. The minimum Gasteiger partial charge on any atom is -0.440 e. The van der Waals surface area contributed by atoms with Gasteiger partial charge in [-0.05, 0) is 62.3 Å². The number of carbonyl (C=O) groups is 2. The second-order valence-corrected chi connectivity index (χ2v) is 9.15. The van der Waals surface area contributed by atoms with Crippen LogP contribution >= 0.6 is 0 Å². The molecule has 2 aliphatic rings. The van der Waals surface area contributed by atoms with Crippen LogP contribution < -0.4 is 5.32 Å². The molecule has 1 aliphatic carbocycles. The molecule has 0 radical (unpaired) electrons. The van der Waals surface area contributed by atoms with Gasteiger partial charge in [0.05, 0.1) is 6.04 Å². The predicted molar refractivity (Wildman–Crippen MR) is 122 cm³/mol. The van der Waals surface area contributed by atoms with Gasteiger partial charge in [0.15, 0.2) is 11.5 Å². The number of nitrogens with one attached hydrogen (secondary N) is 1. The minimum atomic E-state index is -0.00255. The van der Waals surface area contributed by atoms with Crippen molar-refractivity contribution in [1.82, 2.24) is 15.2 Å². The lowest BCUT2D eigenvalue weighted by atomic mass is 9.92. The number of amides is 2. The number of aromatic nitrogens is 1. The Morgan fingerprint density at radius 2 is 1.84 bits per heavy atom. The van der Waals surface area contributed by atoms with Crippen LogP contribution in [-0.2, 0) is 4.79 Å². The maximum Gasteiger partial charge on any atom is 0.253 e. The average Bonchev–Trinajstić information content (AvgIpc) is 3.58. The first-order chi connectivity index (χ1) is 15.6. The highest BCUT2D eigenvalue weighted by molar-refractivity contribution is 5.97. The summed E-state index contributed by atoms with van der Waals surface area (Å²) >= 11 is 0. The summed E-state index contributed by atoms with van der Waals surface area (Å²) in [6.07, 6.45) is 4.47. The third-order valence-electron chi connectivity index (χ3n) is 6.63. The van der Waals surface area contributed by atoms with Crippen LogP contribution in [0.15, 0.2) is 52.9 Å². The summed E-state index contributed by atoms with van der Waals surface area (Å²) in [4.78, 5) is 32.0. The molecule has 32 heavy (non-hydrogen) atoms. The van der Waals surface area contributed by atoms with E-state index in [1.54, 1.807) is 0 Å². The Kier molecular flexibility index (Phi) is 5.68. The fourth-order valence-corrected chi connectivity index (χ4v) is 4.49. The van der Waals surface area contributed by atoms with Gasteiger partial charge in [0.25, 0.3) is 5.91 Å². The number of hydrogen-bond donors (Lipinski definition) is 1. The standard InChI is InChI=1S/C26H29N3O3/c1-17(19-5-3-2-4-6-19)27-24(30)15-18-11-13-29(14-12-18)26(31)21-9-10-23-22(16-21)28-25(32-23)20-7-8-20/h2-6,9-10,16-18,20H,7-8,11-15H2,1H3,(H,27,30)/t17-/m0/s1. The average molecular weight is 432 g/mol. The van der Waals surface area contributed by atoms with E-state index in [-0.39, 0.29) is 17.9 Å². The van der Waals surface area contributed by atoms with Gasteiger partial charge in [-0.3, -0.25) is 9.59 Å². The molecule has 1 N–H and O–H groups in total. The van der Waals surface area contributed by atoms with Crippen molar-refractivity contribution in [3.63, 3.8) is 0 Å². The SMILES string of the molecule is C[C@H](NC(=O)CC1CCN(C(=O)c2ccc3oc(C4CC4)nc3c2)CC1)c1ccccc1. The zero-order valence-electron chi connectivity index (χ0n) is 18.4. The van der Waals surface area contributed by atoms with E-state index in [1.165, 1.54) is 0 Å². The Hall–Kier alpha value is -3.15. The van der Waals surface area contributed by atoms with E-state index in [2.05, 4.69) is 10.3 Å². The van der Waals surface area contributed by atoms with Crippen molar-refractivity contribution in [2.24, 2.45) is 5.92 Å². The third kappa shape index (κ3) is 4.54. The zero-order chi connectivity index (χ0) is 22.1. The van der Waals surface area contributed by atoms with Crippen molar-refractivity contribution < 1.29 is 14.0 Å². The number of benzene rings is 2. The summed E-state index contributed by atoms with van der Waals surface area (Å²) < 4.78 is 5.80. The molecule has 1 atom stereocenters. The molecule has 3 aromatic rings. The van der Waals surface area contributed by atoms with Gasteiger partial charge in [0.2, 0.25) is 5.91 Å². The largest absolute Gasteiger partial charge is 0.440 e. The minimum absolute atomic E-state index is 0.00255. The van der Waals surface area contributed by atoms with Gasteiger partial charge in [-0.1, -0.05) is 30.3 Å². The number of piperidine rings is 1. The molecule has 2 heterocycles. The summed E-state index contributed by atoms with van der Waals surface area (Å²) in [7, 11) is 0. The van der Waals surface area contributed by atoms with E-state index in [4.69, 9.17) is 4.42 Å². The second kappa shape index (κ2) is 8.77. The Morgan fingerprint density at radius 3 is 2.56 bits per heavy atom. The van der Waals surface area contributed by atoms with Crippen molar-refractivity contribution in [2.45, 2.75) is 51.0 Å². The van der Waals surface area contributed by atoms with Gasteiger partial charge >= 0.3 is 0 Å². The molecule has 2 amide bonds. The summed E-state index contributed by atoms with van der Waals surface area (Å²) in [5, 5.41) is 3.10. The highest BCUT2D eigenvalue weighted by atomic mass is 16.3. The third-order valence-corrected chi connectivity index (χ3v) is 6.63. The van der Waals surface area contributed by atoms with Crippen LogP contribution in [0.5, 0.6) is 0 Å². The van der Waals surface area contributed by atoms with Crippen molar-refractivity contribution in [3.05, 3.63) is 65.5 Å². The molecule has 2 fully saturated rings. The molecule has 166 valence electrons. The van der Waals surface area contributed by atoms with E-state index >= 15 is 0 Å². The number of rotatable bonds is 6. The molecule has 5 rings (SSSR count). The number of carbonyl (C=O) groups excluding carboxylic acids is 2. The highest BCUT2D eigenvalue weighted by Gasteiger charge is 2.29. The van der Waals surface area contributed by atoms with E-state index in [1.807, 2.05) is 60.4 Å². The summed E-state index contributed by atoms with van der Waals surface area (Å²) in [6.45, 7) is 3.36. The zero-order valence-corrected chi connectivity index (χ0v) is 18.4. The van der Waals surface area contributed by atoms with Crippen molar-refractivity contribution in [1.29, 1.82) is 0 Å². The van der Waals surface area contributed by atoms with Gasteiger partial charge in [-0.15, -0.1) is 0 Å². The summed E-state index contributed by atoms with van der Waals surface area (Å²) in [5.74, 6) is 1.66. The first kappa shape index (κ1) is 20.7. The van der Waals surface area contributed by atoms with Crippen LogP contribution in [0.2, 0.25) is 0 Å². The van der Waals surface area contributed by atoms with E-state index in [0.29, 0.717) is 36.9 Å². The second-order valence-electron chi connectivity index (χ2n) is 9.15. The lowest BCUT2D eigenvalue weighted by molar-refractivity contribution is -0.122. The molecule has 0 bridgehead atoms.